The minimum absolute atomic E-state index is 0.128. The Bertz CT molecular complexity index is 1370. The quantitative estimate of drug-likeness (QED) is 0.371. The van der Waals surface area contributed by atoms with E-state index < -0.39 is 16.1 Å². The Morgan fingerprint density at radius 3 is 2.58 bits per heavy atom. The van der Waals surface area contributed by atoms with Crippen LogP contribution in [0.3, 0.4) is 0 Å². The number of aryl methyl sites for hydroxylation is 1. The third-order valence-corrected chi connectivity index (χ3v) is 10.8. The van der Waals surface area contributed by atoms with Crippen molar-refractivity contribution >= 4 is 65.8 Å². The van der Waals surface area contributed by atoms with Crippen molar-refractivity contribution in [2.45, 2.75) is 37.1 Å². The fourth-order valence-corrected chi connectivity index (χ4v) is 8.10. The SMILES string of the molecule is Cc1ccc(Cl)c2sc(N(CCCN3CCOCC3)C(=O)C3CCCN3S(=O)(=O)c3ccc(Cl)cc3)nc12. The monoisotopic (exact) mass is 596 g/mol. The van der Waals surface area contributed by atoms with Gasteiger partial charge in [0.05, 0.1) is 33.3 Å². The second-order valence-electron chi connectivity index (χ2n) is 9.56. The lowest BCUT2D eigenvalue weighted by atomic mass is 10.2. The van der Waals surface area contributed by atoms with Crippen LogP contribution in [0.25, 0.3) is 10.2 Å². The van der Waals surface area contributed by atoms with Crippen LogP contribution in [0.1, 0.15) is 24.8 Å². The largest absolute Gasteiger partial charge is 0.379 e. The van der Waals surface area contributed by atoms with Crippen LogP contribution in [0.15, 0.2) is 41.3 Å². The lowest BCUT2D eigenvalue weighted by molar-refractivity contribution is -0.121. The number of hydrogen-bond acceptors (Lipinski definition) is 7. The number of carbonyl (C=O) groups is 1. The third kappa shape index (κ3) is 5.72. The number of fused-ring (bicyclic) bond motifs is 1. The van der Waals surface area contributed by atoms with Crippen molar-refractivity contribution in [3.8, 4) is 0 Å². The number of morpholine rings is 1. The van der Waals surface area contributed by atoms with Gasteiger partial charge in [0.15, 0.2) is 5.13 Å². The molecule has 0 bridgehead atoms. The normalized spacial score (nSPS) is 19.3. The van der Waals surface area contributed by atoms with E-state index in [2.05, 4.69) is 4.90 Å². The standard InChI is InChI=1S/C26H30Cl2N4O4S2/c1-18-5-10-21(28)24-23(18)29-26(37-24)31(12-3-11-30-14-16-36-17-15-30)25(33)22-4-2-13-32(22)38(34,35)20-8-6-19(27)7-9-20/h5-10,22H,2-4,11-17H2,1H3. The summed E-state index contributed by atoms with van der Waals surface area (Å²) in [6, 6.07) is 9.01. The van der Waals surface area contributed by atoms with Gasteiger partial charge in [-0.3, -0.25) is 14.6 Å². The number of thiazole rings is 1. The molecule has 204 valence electrons. The fraction of sp³-hybridized carbons (Fsp3) is 0.462. The molecule has 12 heteroatoms. The number of rotatable bonds is 8. The number of carbonyl (C=O) groups excluding carboxylic acids is 1. The molecule has 3 heterocycles. The van der Waals surface area contributed by atoms with Crippen LogP contribution in [0.4, 0.5) is 5.13 Å². The van der Waals surface area contributed by atoms with Gasteiger partial charge < -0.3 is 4.74 Å². The van der Waals surface area contributed by atoms with Gasteiger partial charge in [-0.2, -0.15) is 4.31 Å². The van der Waals surface area contributed by atoms with Crippen LogP contribution in [-0.2, 0) is 19.6 Å². The first-order valence-corrected chi connectivity index (χ1v) is 15.7. The highest BCUT2D eigenvalue weighted by Gasteiger charge is 2.42. The molecule has 0 aliphatic carbocycles. The van der Waals surface area contributed by atoms with Crippen molar-refractivity contribution in [1.29, 1.82) is 0 Å². The van der Waals surface area contributed by atoms with Gasteiger partial charge in [0.2, 0.25) is 15.9 Å². The van der Waals surface area contributed by atoms with Crippen LogP contribution >= 0.6 is 34.5 Å². The molecular weight excluding hydrogens is 567 g/mol. The number of aromatic nitrogens is 1. The van der Waals surface area contributed by atoms with E-state index >= 15 is 0 Å². The van der Waals surface area contributed by atoms with Gasteiger partial charge in [0.25, 0.3) is 0 Å². The Hall–Kier alpha value is -1.79. The van der Waals surface area contributed by atoms with Crippen LogP contribution in [0, 0.1) is 6.92 Å². The predicted octanol–water partition coefficient (Wildman–Crippen LogP) is 4.82. The summed E-state index contributed by atoms with van der Waals surface area (Å²) in [4.78, 5) is 23.0. The summed E-state index contributed by atoms with van der Waals surface area (Å²) in [5.74, 6) is -0.255. The summed E-state index contributed by atoms with van der Waals surface area (Å²) >= 11 is 13.8. The van der Waals surface area contributed by atoms with E-state index in [1.165, 1.54) is 27.8 Å². The summed E-state index contributed by atoms with van der Waals surface area (Å²) in [7, 11) is -3.87. The van der Waals surface area contributed by atoms with Crippen molar-refractivity contribution in [1.82, 2.24) is 14.2 Å². The zero-order valence-electron chi connectivity index (χ0n) is 21.1. The number of anilines is 1. The number of hydrogen-bond donors (Lipinski definition) is 0. The Morgan fingerprint density at radius 1 is 1.13 bits per heavy atom. The Kier molecular flexibility index (Phi) is 8.59. The van der Waals surface area contributed by atoms with Gasteiger partial charge >= 0.3 is 0 Å². The van der Waals surface area contributed by atoms with Crippen molar-refractivity contribution in [3.63, 3.8) is 0 Å². The van der Waals surface area contributed by atoms with Gasteiger partial charge in [0, 0.05) is 37.7 Å². The molecule has 0 spiro atoms. The van der Waals surface area contributed by atoms with E-state index in [4.69, 9.17) is 32.9 Å². The highest BCUT2D eigenvalue weighted by Crippen LogP contribution is 2.37. The Morgan fingerprint density at radius 2 is 1.87 bits per heavy atom. The molecule has 2 aliphatic rings. The van der Waals surface area contributed by atoms with Crippen LogP contribution in [0.5, 0.6) is 0 Å². The van der Waals surface area contributed by atoms with E-state index in [1.54, 1.807) is 17.0 Å². The first kappa shape index (κ1) is 27.8. The minimum atomic E-state index is -3.87. The van der Waals surface area contributed by atoms with E-state index in [1.807, 2.05) is 19.1 Å². The summed E-state index contributed by atoms with van der Waals surface area (Å²) < 4.78 is 34.7. The molecule has 1 atom stereocenters. The Balaban J connectivity index is 1.44. The molecule has 8 nitrogen and oxygen atoms in total. The average Bonchev–Trinajstić information content (AvgIpc) is 3.59. The third-order valence-electron chi connectivity index (χ3n) is 7.05. The second kappa shape index (κ2) is 11.8. The number of nitrogens with zero attached hydrogens (tertiary/aromatic N) is 4. The molecule has 2 saturated heterocycles. The summed E-state index contributed by atoms with van der Waals surface area (Å²) in [5.41, 5.74) is 1.74. The number of amides is 1. The van der Waals surface area contributed by atoms with Gasteiger partial charge in [-0.15, -0.1) is 0 Å². The van der Waals surface area contributed by atoms with Crippen molar-refractivity contribution in [2.75, 3.05) is 50.8 Å². The maximum atomic E-state index is 14.1. The van der Waals surface area contributed by atoms with Gasteiger partial charge in [0.1, 0.15) is 6.04 Å². The minimum Gasteiger partial charge on any atom is -0.379 e. The zero-order chi connectivity index (χ0) is 26.9. The molecule has 38 heavy (non-hydrogen) atoms. The number of benzene rings is 2. The number of halogens is 2. The number of sulfonamides is 1. The molecule has 5 rings (SSSR count). The molecule has 2 aromatic carbocycles. The molecule has 1 amide bonds. The van der Waals surface area contributed by atoms with Gasteiger partial charge in [-0.25, -0.2) is 13.4 Å². The van der Waals surface area contributed by atoms with E-state index in [0.717, 1.165) is 41.8 Å². The van der Waals surface area contributed by atoms with E-state index in [9.17, 15) is 13.2 Å². The van der Waals surface area contributed by atoms with Crippen molar-refractivity contribution in [3.05, 3.63) is 52.0 Å². The zero-order valence-corrected chi connectivity index (χ0v) is 24.3. The van der Waals surface area contributed by atoms with Gasteiger partial charge in [-0.1, -0.05) is 40.6 Å². The van der Waals surface area contributed by atoms with Gasteiger partial charge in [-0.05, 0) is 62.1 Å². The first-order chi connectivity index (χ1) is 18.3. The molecule has 0 N–H and O–H groups in total. The molecule has 0 saturated carbocycles. The predicted molar refractivity (Wildman–Crippen MR) is 152 cm³/mol. The van der Waals surface area contributed by atoms with Crippen LogP contribution in [0.2, 0.25) is 10.0 Å². The maximum Gasteiger partial charge on any atom is 0.247 e. The average molecular weight is 598 g/mol. The van der Waals surface area contributed by atoms with E-state index in [0.29, 0.717) is 47.8 Å². The first-order valence-electron chi connectivity index (χ1n) is 12.7. The number of ether oxygens (including phenoxy) is 1. The highest BCUT2D eigenvalue weighted by atomic mass is 35.5. The Labute approximate surface area is 237 Å². The lowest BCUT2D eigenvalue weighted by Gasteiger charge is -2.30. The molecule has 2 fully saturated rings. The highest BCUT2D eigenvalue weighted by molar-refractivity contribution is 7.89. The molecular formula is C26H30Cl2N4O4S2. The van der Waals surface area contributed by atoms with Crippen LogP contribution < -0.4 is 4.90 Å². The molecule has 0 radical (unpaired) electrons. The molecule has 1 unspecified atom stereocenters. The van der Waals surface area contributed by atoms with Crippen molar-refractivity contribution < 1.29 is 17.9 Å². The van der Waals surface area contributed by atoms with Crippen molar-refractivity contribution in [2.24, 2.45) is 0 Å². The van der Waals surface area contributed by atoms with E-state index in [-0.39, 0.29) is 17.3 Å². The van der Waals surface area contributed by atoms with Crippen LogP contribution in [-0.4, -0.2) is 80.5 Å². The fourth-order valence-electron chi connectivity index (χ4n) is 4.98. The maximum absolute atomic E-state index is 14.1. The summed E-state index contributed by atoms with van der Waals surface area (Å²) in [6.45, 7) is 6.63. The summed E-state index contributed by atoms with van der Waals surface area (Å²) in [5, 5.41) is 1.58. The lowest BCUT2D eigenvalue weighted by Crippen LogP contribution is -2.48. The molecule has 1 aromatic heterocycles. The topological polar surface area (TPSA) is 83.0 Å². The molecule has 3 aromatic rings. The summed E-state index contributed by atoms with van der Waals surface area (Å²) in [6.07, 6.45) is 1.79. The second-order valence-corrected chi connectivity index (χ2v) is 13.3. The molecule has 2 aliphatic heterocycles. The smallest absolute Gasteiger partial charge is 0.247 e.